The summed E-state index contributed by atoms with van der Waals surface area (Å²) in [5, 5.41) is 17.6. The first-order valence-electron chi connectivity index (χ1n) is 9.26. The Hall–Kier alpha value is -2.80. The Balaban J connectivity index is 0.00000320. The largest absolute Gasteiger partial charge is 0.489 e. The molecule has 3 rings (SSSR count). The van der Waals surface area contributed by atoms with Gasteiger partial charge < -0.3 is 15.4 Å². The number of rotatable bonds is 10. The third kappa shape index (κ3) is 6.91. The number of ether oxygens (including phenoxy) is 1. The number of nitrogens with zero attached hydrogens (tertiary/aromatic N) is 1. The third-order valence-electron chi connectivity index (χ3n) is 4.31. The lowest BCUT2D eigenvalue weighted by Crippen LogP contribution is -2.22. The van der Waals surface area contributed by atoms with E-state index in [0.717, 1.165) is 16.9 Å². The molecule has 0 aliphatic carbocycles. The molecule has 30 heavy (non-hydrogen) atoms. The molecule has 3 aromatic rings. The number of anilines is 1. The van der Waals surface area contributed by atoms with Crippen molar-refractivity contribution >= 4 is 35.4 Å². The monoisotopic (exact) mass is 447 g/mol. The van der Waals surface area contributed by atoms with Crippen LogP contribution in [0.15, 0.2) is 72.8 Å². The fourth-order valence-corrected chi connectivity index (χ4v) is 3.04. The maximum atomic E-state index is 10.8. The van der Waals surface area contributed by atoms with E-state index in [4.69, 9.17) is 16.3 Å². The lowest BCUT2D eigenvalue weighted by atomic mass is 10.2. The second-order valence-electron chi connectivity index (χ2n) is 6.41. The molecule has 2 N–H and O–H groups in total. The van der Waals surface area contributed by atoms with Gasteiger partial charge in [0.1, 0.15) is 12.4 Å². The van der Waals surface area contributed by atoms with Crippen molar-refractivity contribution < 1.29 is 9.66 Å². The van der Waals surface area contributed by atoms with E-state index in [2.05, 4.69) is 10.6 Å². The molecule has 0 aromatic heterocycles. The Morgan fingerprint density at radius 1 is 0.967 bits per heavy atom. The first-order valence-corrected chi connectivity index (χ1v) is 9.64. The number of nitrogens with one attached hydrogen (secondary N) is 2. The zero-order valence-corrected chi connectivity index (χ0v) is 17.8. The van der Waals surface area contributed by atoms with Gasteiger partial charge in [-0.25, -0.2) is 0 Å². The quantitative estimate of drug-likeness (QED) is 0.245. The van der Waals surface area contributed by atoms with Crippen LogP contribution in [-0.2, 0) is 13.2 Å². The number of nitro groups is 1. The zero-order chi connectivity index (χ0) is 20.5. The van der Waals surface area contributed by atoms with E-state index in [0.29, 0.717) is 37.0 Å². The van der Waals surface area contributed by atoms with Crippen LogP contribution >= 0.6 is 24.0 Å². The van der Waals surface area contributed by atoms with E-state index in [9.17, 15) is 10.1 Å². The van der Waals surface area contributed by atoms with Gasteiger partial charge in [0.2, 0.25) is 0 Å². The van der Waals surface area contributed by atoms with Crippen LogP contribution in [-0.4, -0.2) is 18.0 Å². The summed E-state index contributed by atoms with van der Waals surface area (Å²) >= 11 is 6.08. The van der Waals surface area contributed by atoms with Crippen molar-refractivity contribution in [3.05, 3.63) is 99.1 Å². The third-order valence-corrected chi connectivity index (χ3v) is 4.62. The van der Waals surface area contributed by atoms with E-state index < -0.39 is 4.92 Å². The summed E-state index contributed by atoms with van der Waals surface area (Å²) in [6, 6.07) is 22.4. The molecule has 8 heteroatoms. The zero-order valence-electron chi connectivity index (χ0n) is 16.2. The molecule has 6 nitrogen and oxygen atoms in total. The molecule has 3 aromatic carbocycles. The molecular formula is C22H23Cl2N3O3. The van der Waals surface area contributed by atoms with Crippen LogP contribution in [0.2, 0.25) is 5.02 Å². The topological polar surface area (TPSA) is 76.4 Å². The van der Waals surface area contributed by atoms with E-state index in [1.165, 1.54) is 12.1 Å². The fourth-order valence-electron chi connectivity index (χ4n) is 2.80. The highest BCUT2D eigenvalue weighted by atomic mass is 35.5. The molecule has 0 bridgehead atoms. The minimum Gasteiger partial charge on any atom is -0.489 e. The summed E-state index contributed by atoms with van der Waals surface area (Å²) in [4.78, 5) is 10.3. The van der Waals surface area contributed by atoms with Gasteiger partial charge in [-0.05, 0) is 17.7 Å². The number of halogens is 2. The van der Waals surface area contributed by atoms with Gasteiger partial charge in [0.05, 0.1) is 15.6 Å². The Labute approximate surface area is 186 Å². The Morgan fingerprint density at radius 3 is 2.43 bits per heavy atom. The molecule has 158 valence electrons. The van der Waals surface area contributed by atoms with Gasteiger partial charge >= 0.3 is 0 Å². The lowest BCUT2D eigenvalue weighted by molar-refractivity contribution is -0.384. The van der Waals surface area contributed by atoms with Crippen LogP contribution in [0.25, 0.3) is 0 Å². The second-order valence-corrected chi connectivity index (χ2v) is 6.81. The molecule has 0 amide bonds. The van der Waals surface area contributed by atoms with Gasteiger partial charge in [0.25, 0.3) is 5.69 Å². The summed E-state index contributed by atoms with van der Waals surface area (Å²) in [5.74, 6) is 0.857. The number of para-hydroxylation sites is 1. The molecule has 0 saturated heterocycles. The van der Waals surface area contributed by atoms with Crippen molar-refractivity contribution in [3.63, 3.8) is 0 Å². The standard InChI is InChI=1S/C22H22ClN3O3.ClH/c23-20-14-19(26(27)28)10-11-21(20)25-13-12-24-15-18-8-4-5-9-22(18)29-16-17-6-2-1-3-7-17;/h1-11,14,24-25H,12-13,15-16H2;1H. The van der Waals surface area contributed by atoms with Crippen molar-refractivity contribution in [1.82, 2.24) is 5.32 Å². The van der Waals surface area contributed by atoms with Gasteiger partial charge in [0.15, 0.2) is 0 Å². The first-order chi connectivity index (χ1) is 14.1. The molecule has 0 radical (unpaired) electrons. The molecular weight excluding hydrogens is 425 g/mol. The van der Waals surface area contributed by atoms with Crippen LogP contribution < -0.4 is 15.4 Å². The lowest BCUT2D eigenvalue weighted by Gasteiger charge is -2.13. The van der Waals surface area contributed by atoms with Crippen molar-refractivity contribution in [1.29, 1.82) is 0 Å². The van der Waals surface area contributed by atoms with Crippen LogP contribution in [0.5, 0.6) is 5.75 Å². The SMILES string of the molecule is Cl.O=[N+]([O-])c1ccc(NCCNCc2ccccc2OCc2ccccc2)c(Cl)c1. The summed E-state index contributed by atoms with van der Waals surface area (Å²) in [6.45, 7) is 2.52. The van der Waals surface area contributed by atoms with Crippen molar-refractivity contribution in [3.8, 4) is 5.75 Å². The highest BCUT2D eigenvalue weighted by Gasteiger charge is 2.09. The van der Waals surface area contributed by atoms with Crippen LogP contribution in [0.4, 0.5) is 11.4 Å². The maximum Gasteiger partial charge on any atom is 0.271 e. The maximum absolute atomic E-state index is 10.8. The number of benzene rings is 3. The van der Waals surface area contributed by atoms with E-state index in [-0.39, 0.29) is 18.1 Å². The van der Waals surface area contributed by atoms with Crippen molar-refractivity contribution in [2.24, 2.45) is 0 Å². The predicted octanol–water partition coefficient (Wildman–Crippen LogP) is 5.45. The summed E-state index contributed by atoms with van der Waals surface area (Å²) in [7, 11) is 0. The van der Waals surface area contributed by atoms with Crippen LogP contribution in [0, 0.1) is 10.1 Å². The molecule has 0 aliphatic heterocycles. The van der Waals surface area contributed by atoms with Gasteiger partial charge in [-0.2, -0.15) is 0 Å². The average molecular weight is 448 g/mol. The summed E-state index contributed by atoms with van der Waals surface area (Å²) < 4.78 is 5.97. The van der Waals surface area contributed by atoms with Gasteiger partial charge in [0, 0.05) is 37.3 Å². The number of non-ortho nitro benzene ring substituents is 1. The van der Waals surface area contributed by atoms with Gasteiger partial charge in [-0.15, -0.1) is 12.4 Å². The predicted molar refractivity (Wildman–Crippen MR) is 123 cm³/mol. The highest BCUT2D eigenvalue weighted by Crippen LogP contribution is 2.26. The average Bonchev–Trinajstić information content (AvgIpc) is 2.74. The molecule has 0 heterocycles. The summed E-state index contributed by atoms with van der Waals surface area (Å²) in [5.41, 5.74) is 2.85. The molecule has 0 atom stereocenters. The molecule has 0 unspecified atom stereocenters. The number of hydrogen-bond acceptors (Lipinski definition) is 5. The van der Waals surface area contributed by atoms with Crippen LogP contribution in [0.1, 0.15) is 11.1 Å². The van der Waals surface area contributed by atoms with E-state index in [1.807, 2.05) is 54.6 Å². The molecule has 0 saturated carbocycles. The first kappa shape index (κ1) is 23.5. The van der Waals surface area contributed by atoms with E-state index in [1.54, 1.807) is 6.07 Å². The summed E-state index contributed by atoms with van der Waals surface area (Å²) in [6.07, 6.45) is 0. The fraction of sp³-hybridized carbons (Fsp3) is 0.182. The Bertz CT molecular complexity index is 955. The van der Waals surface area contributed by atoms with Crippen molar-refractivity contribution in [2.45, 2.75) is 13.2 Å². The van der Waals surface area contributed by atoms with Crippen molar-refractivity contribution in [2.75, 3.05) is 18.4 Å². The minimum atomic E-state index is -0.464. The Morgan fingerprint density at radius 2 is 1.70 bits per heavy atom. The highest BCUT2D eigenvalue weighted by molar-refractivity contribution is 6.33. The normalized spacial score (nSPS) is 10.2. The number of nitro benzene ring substituents is 1. The molecule has 0 fully saturated rings. The molecule has 0 aliphatic rings. The second kappa shape index (κ2) is 12.0. The van der Waals surface area contributed by atoms with E-state index >= 15 is 0 Å². The number of hydrogen-bond donors (Lipinski definition) is 2. The smallest absolute Gasteiger partial charge is 0.271 e. The minimum absolute atomic E-state index is 0. The van der Waals surface area contributed by atoms with Gasteiger partial charge in [-0.3, -0.25) is 10.1 Å². The van der Waals surface area contributed by atoms with Gasteiger partial charge in [-0.1, -0.05) is 60.1 Å². The molecule has 0 spiro atoms. The Kier molecular flexibility index (Phi) is 9.41. The van der Waals surface area contributed by atoms with Crippen LogP contribution in [0.3, 0.4) is 0 Å².